The van der Waals surface area contributed by atoms with Gasteiger partial charge >= 0.3 is 8.09 Å². The van der Waals surface area contributed by atoms with Gasteiger partial charge in [-0.15, -0.1) is 0 Å². The standard InChI is InChI=1S/C13H31FN2Si2/c1-12(2,3)11(16-13(4,5)6)10-18(14,15)17(7,8)9/h10,16H,15H2,1-9H3. The molecule has 0 spiro atoms. The van der Waals surface area contributed by atoms with E-state index in [0.717, 1.165) is 5.70 Å². The van der Waals surface area contributed by atoms with Crippen LogP contribution in [-0.2, 0) is 0 Å². The van der Waals surface area contributed by atoms with Crippen molar-refractivity contribution < 1.29 is 4.11 Å². The van der Waals surface area contributed by atoms with E-state index in [9.17, 15) is 4.11 Å². The van der Waals surface area contributed by atoms with Crippen LogP contribution in [0.4, 0.5) is 4.11 Å². The third-order valence-electron chi connectivity index (χ3n) is 2.82. The molecule has 0 bridgehead atoms. The van der Waals surface area contributed by atoms with Crippen molar-refractivity contribution >= 4 is 15.7 Å². The fraction of sp³-hybridized carbons (Fsp3) is 0.846. The molecule has 0 aliphatic carbocycles. The predicted octanol–water partition coefficient (Wildman–Crippen LogP) is 3.63. The van der Waals surface area contributed by atoms with E-state index in [1.54, 1.807) is 5.70 Å². The number of halogens is 1. The Bertz CT molecular complexity index is 317. The fourth-order valence-corrected chi connectivity index (χ4v) is 4.36. The lowest BCUT2D eigenvalue weighted by Gasteiger charge is -2.35. The van der Waals surface area contributed by atoms with Crippen molar-refractivity contribution in [2.45, 2.75) is 66.7 Å². The van der Waals surface area contributed by atoms with Crippen LogP contribution in [0, 0.1) is 5.41 Å². The molecule has 0 heterocycles. The van der Waals surface area contributed by atoms with Crippen LogP contribution >= 0.6 is 0 Å². The van der Waals surface area contributed by atoms with Crippen LogP contribution in [-0.4, -0.2) is 21.2 Å². The van der Waals surface area contributed by atoms with Crippen LogP contribution in [0.1, 0.15) is 41.5 Å². The first kappa shape index (κ1) is 17.9. The molecular weight excluding hydrogens is 259 g/mol. The van der Waals surface area contributed by atoms with Crippen LogP contribution in [0.15, 0.2) is 11.4 Å². The van der Waals surface area contributed by atoms with Crippen LogP contribution in [0.3, 0.4) is 0 Å². The van der Waals surface area contributed by atoms with Gasteiger partial charge in [0.15, 0.2) is 0 Å². The summed E-state index contributed by atoms with van der Waals surface area (Å²) in [5, 5.41) is 9.45. The van der Waals surface area contributed by atoms with E-state index in [4.69, 9.17) is 5.40 Å². The van der Waals surface area contributed by atoms with Crippen LogP contribution < -0.4 is 10.7 Å². The van der Waals surface area contributed by atoms with Gasteiger partial charge in [-0.25, -0.2) is 0 Å². The van der Waals surface area contributed by atoms with E-state index in [0.29, 0.717) is 0 Å². The Hall–Kier alpha value is -0.136. The topological polar surface area (TPSA) is 38.0 Å². The maximum Gasteiger partial charge on any atom is 0.323 e. The zero-order valence-electron chi connectivity index (χ0n) is 13.5. The molecule has 5 heteroatoms. The van der Waals surface area contributed by atoms with Gasteiger partial charge in [0.05, 0.1) is 7.59 Å². The Balaban J connectivity index is 5.48. The Kier molecular flexibility index (Phi) is 5.06. The lowest BCUT2D eigenvalue weighted by atomic mass is 9.91. The minimum absolute atomic E-state index is 0.0803. The Morgan fingerprint density at radius 2 is 1.44 bits per heavy atom. The second kappa shape index (κ2) is 5.09. The minimum atomic E-state index is -3.26. The SMILES string of the molecule is CC(C)(C)NC(=C[Si](N)(F)[Si](C)(C)C)C(C)(C)C. The molecule has 0 aromatic rings. The largest absolute Gasteiger partial charge is 0.384 e. The van der Waals surface area contributed by atoms with Crippen molar-refractivity contribution in [1.82, 2.24) is 5.32 Å². The van der Waals surface area contributed by atoms with E-state index in [2.05, 4.69) is 46.9 Å². The number of hydrogen-bond acceptors (Lipinski definition) is 2. The summed E-state index contributed by atoms with van der Waals surface area (Å²) < 4.78 is 14.8. The van der Waals surface area contributed by atoms with Gasteiger partial charge in [0.1, 0.15) is 0 Å². The summed E-state index contributed by atoms with van der Waals surface area (Å²) in [6.07, 6.45) is 0. The van der Waals surface area contributed by atoms with E-state index >= 15 is 0 Å². The van der Waals surface area contributed by atoms with Crippen LogP contribution in [0.2, 0.25) is 19.6 Å². The summed E-state index contributed by atoms with van der Waals surface area (Å²) in [6.45, 7) is 18.5. The minimum Gasteiger partial charge on any atom is -0.384 e. The van der Waals surface area contributed by atoms with Gasteiger partial charge in [0, 0.05) is 16.7 Å². The molecule has 1 atom stereocenters. The first-order valence-corrected chi connectivity index (χ1v) is 13.1. The molecule has 3 N–H and O–H groups in total. The Morgan fingerprint density at radius 3 is 1.67 bits per heavy atom. The predicted molar refractivity (Wildman–Crippen MR) is 84.8 cm³/mol. The first-order chi connectivity index (χ1) is 7.56. The molecule has 0 aliphatic rings. The van der Waals surface area contributed by atoms with Crippen molar-refractivity contribution in [2.24, 2.45) is 10.8 Å². The van der Waals surface area contributed by atoms with Gasteiger partial charge in [-0.3, -0.25) is 4.11 Å². The number of hydrogen-bond donors (Lipinski definition) is 2. The van der Waals surface area contributed by atoms with Gasteiger partial charge in [-0.1, -0.05) is 40.4 Å². The third-order valence-corrected chi connectivity index (χ3v) is 13.2. The monoisotopic (exact) mass is 290 g/mol. The van der Waals surface area contributed by atoms with Gasteiger partial charge in [0.25, 0.3) is 0 Å². The van der Waals surface area contributed by atoms with Crippen molar-refractivity contribution in [3.05, 3.63) is 11.4 Å². The average Bonchev–Trinajstić information content (AvgIpc) is 1.95. The van der Waals surface area contributed by atoms with Crippen molar-refractivity contribution in [3.8, 4) is 0 Å². The van der Waals surface area contributed by atoms with E-state index in [1.165, 1.54) is 0 Å². The molecule has 0 radical (unpaired) electrons. The molecule has 1 unspecified atom stereocenters. The van der Waals surface area contributed by atoms with Crippen LogP contribution in [0.5, 0.6) is 0 Å². The maximum atomic E-state index is 14.8. The highest BCUT2D eigenvalue weighted by atomic mass is 29.3. The lowest BCUT2D eigenvalue weighted by Crippen LogP contribution is -2.61. The molecule has 0 saturated heterocycles. The number of nitrogens with two attached hydrogens (primary N) is 1. The maximum absolute atomic E-state index is 14.8. The quantitative estimate of drug-likeness (QED) is 0.615. The molecule has 0 aromatic heterocycles. The molecule has 0 rings (SSSR count). The third kappa shape index (κ3) is 5.67. The number of allylic oxidation sites excluding steroid dienone is 1. The molecule has 0 fully saturated rings. The van der Waals surface area contributed by atoms with Gasteiger partial charge in [-0.2, -0.15) is 0 Å². The summed E-state index contributed by atoms with van der Waals surface area (Å²) in [4.78, 5) is 0. The second-order valence-electron chi connectivity index (χ2n) is 8.20. The summed E-state index contributed by atoms with van der Waals surface area (Å²) in [7, 11) is -5.23. The summed E-state index contributed by atoms with van der Waals surface area (Å²) >= 11 is 0. The molecule has 0 saturated carbocycles. The molecule has 18 heavy (non-hydrogen) atoms. The highest BCUT2D eigenvalue weighted by Gasteiger charge is 2.44. The first-order valence-electron chi connectivity index (χ1n) is 6.56. The average molecular weight is 291 g/mol. The van der Waals surface area contributed by atoms with E-state index in [1.807, 2.05) is 19.6 Å². The molecule has 0 aliphatic heterocycles. The number of rotatable bonds is 3. The highest BCUT2D eigenvalue weighted by Crippen LogP contribution is 2.28. The smallest absolute Gasteiger partial charge is 0.323 e. The highest BCUT2D eigenvalue weighted by molar-refractivity contribution is 7.39. The van der Waals surface area contributed by atoms with Gasteiger partial charge in [0.2, 0.25) is 0 Å². The zero-order valence-corrected chi connectivity index (χ0v) is 15.5. The Labute approximate surface area is 114 Å². The summed E-state index contributed by atoms with van der Waals surface area (Å²) in [5.74, 6) is 0. The van der Waals surface area contributed by atoms with E-state index in [-0.39, 0.29) is 11.0 Å². The zero-order chi connectivity index (χ0) is 15.0. The number of nitrogens with one attached hydrogen (secondary N) is 1. The van der Waals surface area contributed by atoms with Gasteiger partial charge < -0.3 is 10.7 Å². The van der Waals surface area contributed by atoms with Crippen molar-refractivity contribution in [2.75, 3.05) is 0 Å². The summed E-state index contributed by atoms with van der Waals surface area (Å²) in [6, 6.07) is 0. The Morgan fingerprint density at radius 1 is 1.06 bits per heavy atom. The molecule has 0 aromatic carbocycles. The van der Waals surface area contributed by atoms with Gasteiger partial charge in [-0.05, 0) is 26.5 Å². The molecule has 108 valence electrons. The molecular formula is C13H31FN2Si2. The van der Waals surface area contributed by atoms with E-state index < -0.39 is 15.7 Å². The van der Waals surface area contributed by atoms with Crippen molar-refractivity contribution in [3.63, 3.8) is 0 Å². The normalized spacial score (nSPS) is 18.5. The van der Waals surface area contributed by atoms with Crippen molar-refractivity contribution in [1.29, 1.82) is 0 Å². The molecule has 2 nitrogen and oxygen atoms in total. The molecule has 0 amide bonds. The lowest BCUT2D eigenvalue weighted by molar-refractivity contribution is 0.383. The fourth-order valence-electron chi connectivity index (χ4n) is 1.27. The summed E-state index contributed by atoms with van der Waals surface area (Å²) in [5.41, 5.74) is 2.48. The second-order valence-corrected chi connectivity index (χ2v) is 21.3. The van der Waals surface area contributed by atoms with Crippen LogP contribution in [0.25, 0.3) is 0 Å².